The molecule has 0 aromatic heterocycles. The molecular formula is C13H14O3. The van der Waals surface area contributed by atoms with Crippen molar-refractivity contribution in [1.29, 1.82) is 0 Å². The third-order valence-corrected chi connectivity index (χ3v) is 2.97. The number of carbonyl (C=O) groups is 2. The summed E-state index contributed by atoms with van der Waals surface area (Å²) in [7, 11) is 1.57. The summed E-state index contributed by atoms with van der Waals surface area (Å²) < 4.78 is 5.07. The molecular weight excluding hydrogens is 204 g/mol. The molecule has 0 saturated heterocycles. The average Bonchev–Trinajstić information content (AvgIpc) is 2.75. The van der Waals surface area contributed by atoms with Crippen molar-refractivity contribution in [2.45, 2.75) is 19.3 Å². The van der Waals surface area contributed by atoms with Gasteiger partial charge in [0.1, 0.15) is 11.5 Å². The molecule has 1 aliphatic rings. The molecule has 1 fully saturated rings. The van der Waals surface area contributed by atoms with E-state index in [4.69, 9.17) is 4.74 Å². The van der Waals surface area contributed by atoms with Crippen molar-refractivity contribution in [1.82, 2.24) is 0 Å². The number of Topliss-reactive ketones (excluding diaryl/α,β-unsaturated/α-hetero) is 2. The van der Waals surface area contributed by atoms with Crippen molar-refractivity contribution in [3.05, 3.63) is 29.8 Å². The number of ketones is 2. The van der Waals surface area contributed by atoms with E-state index in [0.29, 0.717) is 30.6 Å². The summed E-state index contributed by atoms with van der Waals surface area (Å²) in [5.74, 6) is 0.806. The second kappa shape index (κ2) is 4.47. The van der Waals surface area contributed by atoms with Crippen LogP contribution in [0.2, 0.25) is 0 Å². The lowest BCUT2D eigenvalue weighted by Crippen LogP contribution is -2.11. The average molecular weight is 218 g/mol. The van der Waals surface area contributed by atoms with Crippen LogP contribution >= 0.6 is 0 Å². The fourth-order valence-electron chi connectivity index (χ4n) is 2.05. The minimum Gasteiger partial charge on any atom is -0.497 e. The predicted molar refractivity (Wildman–Crippen MR) is 59.7 cm³/mol. The van der Waals surface area contributed by atoms with Crippen LogP contribution in [0.15, 0.2) is 24.3 Å². The third-order valence-electron chi connectivity index (χ3n) is 2.97. The second-order valence-electron chi connectivity index (χ2n) is 4.07. The first-order valence-electron chi connectivity index (χ1n) is 5.40. The molecule has 0 amide bonds. The lowest BCUT2D eigenvalue weighted by Gasteiger charge is -2.08. The summed E-state index contributed by atoms with van der Waals surface area (Å²) >= 11 is 0. The van der Waals surface area contributed by atoms with E-state index < -0.39 is 0 Å². The van der Waals surface area contributed by atoms with Crippen molar-refractivity contribution in [2.75, 3.05) is 7.11 Å². The topological polar surface area (TPSA) is 43.4 Å². The molecule has 1 aliphatic carbocycles. The normalized spacial score (nSPS) is 19.8. The first-order chi connectivity index (χ1) is 7.70. The van der Waals surface area contributed by atoms with Gasteiger partial charge in [0.05, 0.1) is 7.11 Å². The van der Waals surface area contributed by atoms with Crippen LogP contribution < -0.4 is 4.74 Å². The quantitative estimate of drug-likeness (QED) is 0.731. The molecule has 84 valence electrons. The van der Waals surface area contributed by atoms with E-state index in [9.17, 15) is 9.59 Å². The Morgan fingerprint density at radius 1 is 1.44 bits per heavy atom. The zero-order chi connectivity index (χ0) is 11.5. The summed E-state index contributed by atoms with van der Waals surface area (Å²) in [6, 6.07) is 7.10. The Kier molecular flexibility index (Phi) is 3.04. The number of benzene rings is 1. The third kappa shape index (κ3) is 2.13. The molecule has 0 radical (unpaired) electrons. The highest BCUT2D eigenvalue weighted by Gasteiger charge is 2.28. The van der Waals surface area contributed by atoms with Gasteiger partial charge in [-0.1, -0.05) is 12.1 Å². The maximum Gasteiger partial charge on any atom is 0.166 e. The van der Waals surface area contributed by atoms with Gasteiger partial charge < -0.3 is 4.74 Å². The van der Waals surface area contributed by atoms with Gasteiger partial charge in [0, 0.05) is 24.3 Å². The lowest BCUT2D eigenvalue weighted by molar-refractivity contribution is -0.117. The molecule has 0 N–H and O–H groups in total. The zero-order valence-electron chi connectivity index (χ0n) is 9.23. The Hall–Kier alpha value is -1.64. The number of carbonyl (C=O) groups excluding carboxylic acids is 2. The smallest absolute Gasteiger partial charge is 0.166 e. The molecule has 16 heavy (non-hydrogen) atoms. The summed E-state index contributed by atoms with van der Waals surface area (Å²) in [5.41, 5.74) is 0.638. The van der Waals surface area contributed by atoms with Gasteiger partial charge in [0.2, 0.25) is 0 Å². The van der Waals surface area contributed by atoms with Crippen molar-refractivity contribution in [3.63, 3.8) is 0 Å². The maximum atomic E-state index is 12.1. The van der Waals surface area contributed by atoms with Gasteiger partial charge in [-0.2, -0.15) is 0 Å². The van der Waals surface area contributed by atoms with Gasteiger partial charge in [-0.15, -0.1) is 0 Å². The summed E-state index contributed by atoms with van der Waals surface area (Å²) in [4.78, 5) is 23.2. The summed E-state index contributed by atoms with van der Waals surface area (Å²) in [6.45, 7) is 0. The monoisotopic (exact) mass is 218 g/mol. The van der Waals surface area contributed by atoms with Crippen LogP contribution in [-0.4, -0.2) is 18.7 Å². The second-order valence-corrected chi connectivity index (χ2v) is 4.07. The van der Waals surface area contributed by atoms with Gasteiger partial charge in [-0.05, 0) is 18.6 Å². The highest BCUT2D eigenvalue weighted by Crippen LogP contribution is 2.26. The van der Waals surface area contributed by atoms with Crippen LogP contribution in [0.25, 0.3) is 0 Å². The van der Waals surface area contributed by atoms with Crippen LogP contribution in [0.3, 0.4) is 0 Å². The molecule has 1 saturated carbocycles. The number of rotatable bonds is 3. The van der Waals surface area contributed by atoms with E-state index in [-0.39, 0.29) is 17.5 Å². The first-order valence-corrected chi connectivity index (χ1v) is 5.40. The van der Waals surface area contributed by atoms with E-state index >= 15 is 0 Å². The number of hydrogen-bond donors (Lipinski definition) is 0. The fourth-order valence-corrected chi connectivity index (χ4v) is 2.05. The van der Waals surface area contributed by atoms with Crippen LogP contribution in [-0.2, 0) is 4.79 Å². The van der Waals surface area contributed by atoms with E-state index in [2.05, 4.69) is 0 Å². The molecule has 0 heterocycles. The number of hydrogen-bond acceptors (Lipinski definition) is 3. The van der Waals surface area contributed by atoms with Crippen molar-refractivity contribution in [3.8, 4) is 5.75 Å². The van der Waals surface area contributed by atoms with Crippen LogP contribution in [0.4, 0.5) is 0 Å². The lowest BCUT2D eigenvalue weighted by atomic mass is 9.96. The van der Waals surface area contributed by atoms with Crippen LogP contribution in [0, 0.1) is 5.92 Å². The molecule has 1 unspecified atom stereocenters. The Morgan fingerprint density at radius 3 is 2.88 bits per heavy atom. The Morgan fingerprint density at radius 2 is 2.25 bits per heavy atom. The van der Waals surface area contributed by atoms with Gasteiger partial charge in [0.15, 0.2) is 5.78 Å². The SMILES string of the molecule is COc1cccc(C(=O)C2CCC(=O)C2)c1. The van der Waals surface area contributed by atoms with E-state index in [1.54, 1.807) is 31.4 Å². The summed E-state index contributed by atoms with van der Waals surface area (Å²) in [6.07, 6.45) is 1.63. The van der Waals surface area contributed by atoms with Gasteiger partial charge in [0.25, 0.3) is 0 Å². The molecule has 0 spiro atoms. The molecule has 2 rings (SSSR count). The van der Waals surface area contributed by atoms with E-state index in [1.165, 1.54) is 0 Å². The van der Waals surface area contributed by atoms with Crippen LogP contribution in [0.5, 0.6) is 5.75 Å². The highest BCUT2D eigenvalue weighted by atomic mass is 16.5. The minimum atomic E-state index is -0.125. The highest BCUT2D eigenvalue weighted by molar-refractivity contribution is 6.01. The molecule has 3 nitrogen and oxygen atoms in total. The number of methoxy groups -OCH3 is 1. The Bertz CT molecular complexity index is 423. The summed E-state index contributed by atoms with van der Waals surface area (Å²) in [5, 5.41) is 0. The molecule has 1 aromatic rings. The maximum absolute atomic E-state index is 12.1. The molecule has 1 atom stereocenters. The minimum absolute atomic E-state index is 0.0600. The molecule has 3 heteroatoms. The van der Waals surface area contributed by atoms with Crippen molar-refractivity contribution >= 4 is 11.6 Å². The van der Waals surface area contributed by atoms with Crippen molar-refractivity contribution in [2.24, 2.45) is 5.92 Å². The molecule has 1 aromatic carbocycles. The Balaban J connectivity index is 2.17. The standard InChI is InChI=1S/C13H14O3/c1-16-12-4-2-3-9(8-12)13(15)10-5-6-11(14)7-10/h2-4,8,10H,5-7H2,1H3. The zero-order valence-corrected chi connectivity index (χ0v) is 9.23. The molecule has 0 aliphatic heterocycles. The van der Waals surface area contributed by atoms with Crippen molar-refractivity contribution < 1.29 is 14.3 Å². The molecule has 0 bridgehead atoms. The van der Waals surface area contributed by atoms with E-state index in [0.717, 1.165) is 0 Å². The number of ether oxygens (including phenoxy) is 1. The fraction of sp³-hybridized carbons (Fsp3) is 0.385. The predicted octanol–water partition coefficient (Wildman–Crippen LogP) is 2.25. The largest absolute Gasteiger partial charge is 0.497 e. The van der Waals surface area contributed by atoms with E-state index in [1.807, 2.05) is 0 Å². The Labute approximate surface area is 94.4 Å². The van der Waals surface area contributed by atoms with Crippen LogP contribution in [0.1, 0.15) is 29.6 Å². The van der Waals surface area contributed by atoms with Gasteiger partial charge >= 0.3 is 0 Å². The van der Waals surface area contributed by atoms with Gasteiger partial charge in [-0.25, -0.2) is 0 Å². The van der Waals surface area contributed by atoms with Gasteiger partial charge in [-0.3, -0.25) is 9.59 Å². The first kappa shape index (κ1) is 10.9.